The summed E-state index contributed by atoms with van der Waals surface area (Å²) in [5.74, 6) is 1.71. The minimum atomic E-state index is -0.189. The van der Waals surface area contributed by atoms with Crippen molar-refractivity contribution in [3.8, 4) is 11.5 Å². The smallest absolute Gasteiger partial charge is 0.255 e. The molecule has 0 aliphatic carbocycles. The maximum Gasteiger partial charge on any atom is 0.255 e. The molecule has 5 heteroatoms. The highest BCUT2D eigenvalue weighted by molar-refractivity contribution is 6.04. The molecule has 5 nitrogen and oxygen atoms in total. The molecule has 0 atom stereocenters. The van der Waals surface area contributed by atoms with E-state index in [9.17, 15) is 4.79 Å². The first kappa shape index (κ1) is 22.4. The van der Waals surface area contributed by atoms with Crippen LogP contribution in [0.3, 0.4) is 0 Å². The molecule has 0 unspecified atom stereocenters. The first-order valence-corrected chi connectivity index (χ1v) is 10.4. The summed E-state index contributed by atoms with van der Waals surface area (Å²) in [6.45, 7) is 5.74. The average molecular weight is 420 g/mol. The van der Waals surface area contributed by atoms with Crippen LogP contribution in [0.5, 0.6) is 11.5 Å². The zero-order valence-electron chi connectivity index (χ0n) is 18.3. The van der Waals surface area contributed by atoms with Gasteiger partial charge in [-0.15, -0.1) is 0 Å². The summed E-state index contributed by atoms with van der Waals surface area (Å²) >= 11 is 0. The number of amides is 1. The lowest BCUT2D eigenvalue weighted by Crippen LogP contribution is -2.13. The SMILES string of the molecule is COc1ccc(C(=O)Nc2ccc(OCc3ccccc3)cc2)cc1COCC(C)C. The predicted octanol–water partition coefficient (Wildman–Crippen LogP) is 5.70. The Kier molecular flexibility index (Phi) is 8.07. The van der Waals surface area contributed by atoms with Crippen LogP contribution in [0.1, 0.15) is 35.3 Å². The molecule has 0 heterocycles. The largest absolute Gasteiger partial charge is 0.496 e. The Morgan fingerprint density at radius 3 is 2.35 bits per heavy atom. The van der Waals surface area contributed by atoms with Crippen molar-refractivity contribution in [2.75, 3.05) is 19.0 Å². The van der Waals surface area contributed by atoms with Gasteiger partial charge in [0, 0.05) is 23.4 Å². The van der Waals surface area contributed by atoms with E-state index in [0.29, 0.717) is 42.7 Å². The van der Waals surface area contributed by atoms with Crippen LogP contribution in [0.15, 0.2) is 72.8 Å². The second-order valence-electron chi connectivity index (χ2n) is 7.69. The Labute approximate surface area is 184 Å². The zero-order valence-corrected chi connectivity index (χ0v) is 18.3. The van der Waals surface area contributed by atoms with Gasteiger partial charge in [0.15, 0.2) is 0 Å². The first-order valence-electron chi connectivity index (χ1n) is 10.4. The minimum absolute atomic E-state index is 0.189. The van der Waals surface area contributed by atoms with Gasteiger partial charge in [-0.25, -0.2) is 0 Å². The van der Waals surface area contributed by atoms with Crippen LogP contribution in [0.2, 0.25) is 0 Å². The molecule has 0 aliphatic rings. The molecule has 0 bridgehead atoms. The van der Waals surface area contributed by atoms with E-state index in [1.807, 2.05) is 60.7 Å². The predicted molar refractivity (Wildman–Crippen MR) is 123 cm³/mol. The summed E-state index contributed by atoms with van der Waals surface area (Å²) in [6.07, 6.45) is 0. The molecule has 0 fully saturated rings. The number of anilines is 1. The molecule has 0 saturated carbocycles. The molecular weight excluding hydrogens is 390 g/mol. The van der Waals surface area contributed by atoms with Crippen molar-refractivity contribution < 1.29 is 19.0 Å². The van der Waals surface area contributed by atoms with Crippen LogP contribution < -0.4 is 14.8 Å². The second kappa shape index (κ2) is 11.2. The van der Waals surface area contributed by atoms with Crippen molar-refractivity contribution in [3.05, 3.63) is 89.5 Å². The van der Waals surface area contributed by atoms with E-state index in [4.69, 9.17) is 14.2 Å². The van der Waals surface area contributed by atoms with Crippen LogP contribution in [0, 0.1) is 5.92 Å². The Hall–Kier alpha value is -3.31. The molecule has 3 rings (SSSR count). The van der Waals surface area contributed by atoms with Crippen molar-refractivity contribution >= 4 is 11.6 Å². The van der Waals surface area contributed by atoms with Gasteiger partial charge in [-0.3, -0.25) is 4.79 Å². The molecule has 1 amide bonds. The Morgan fingerprint density at radius 1 is 0.935 bits per heavy atom. The monoisotopic (exact) mass is 419 g/mol. The topological polar surface area (TPSA) is 56.8 Å². The summed E-state index contributed by atoms with van der Waals surface area (Å²) in [4.78, 5) is 12.7. The highest BCUT2D eigenvalue weighted by Crippen LogP contribution is 2.23. The highest BCUT2D eigenvalue weighted by Gasteiger charge is 2.11. The second-order valence-corrected chi connectivity index (χ2v) is 7.69. The molecule has 0 radical (unpaired) electrons. The normalized spacial score (nSPS) is 10.7. The number of rotatable bonds is 10. The summed E-state index contributed by atoms with van der Waals surface area (Å²) in [5.41, 5.74) is 3.20. The van der Waals surface area contributed by atoms with Gasteiger partial charge in [-0.1, -0.05) is 44.2 Å². The molecular formula is C26H29NO4. The number of hydrogen-bond acceptors (Lipinski definition) is 4. The fourth-order valence-corrected chi connectivity index (χ4v) is 3.02. The molecule has 1 N–H and O–H groups in total. The fourth-order valence-electron chi connectivity index (χ4n) is 3.02. The molecule has 0 saturated heterocycles. The van der Waals surface area contributed by atoms with Crippen LogP contribution in [-0.2, 0) is 18.0 Å². The van der Waals surface area contributed by atoms with Gasteiger partial charge in [-0.05, 0) is 53.9 Å². The third-order valence-electron chi connectivity index (χ3n) is 4.61. The maximum atomic E-state index is 12.7. The van der Waals surface area contributed by atoms with E-state index in [0.717, 1.165) is 16.9 Å². The van der Waals surface area contributed by atoms with Crippen LogP contribution in [0.4, 0.5) is 5.69 Å². The highest BCUT2D eigenvalue weighted by atomic mass is 16.5. The average Bonchev–Trinajstić information content (AvgIpc) is 2.79. The van der Waals surface area contributed by atoms with E-state index in [1.165, 1.54) is 0 Å². The van der Waals surface area contributed by atoms with Crippen molar-refractivity contribution in [1.29, 1.82) is 0 Å². The van der Waals surface area contributed by atoms with E-state index in [1.54, 1.807) is 19.2 Å². The quantitative estimate of drug-likeness (QED) is 0.458. The summed E-state index contributed by atoms with van der Waals surface area (Å²) in [7, 11) is 1.61. The van der Waals surface area contributed by atoms with Crippen LogP contribution in [0.25, 0.3) is 0 Å². The Bertz CT molecular complexity index is 968. The Morgan fingerprint density at radius 2 is 1.68 bits per heavy atom. The lowest BCUT2D eigenvalue weighted by atomic mass is 10.1. The standard InChI is InChI=1S/C26H29NO4/c1-19(2)16-30-18-22-15-21(9-14-25(22)29-3)26(28)27-23-10-12-24(13-11-23)31-17-20-7-5-4-6-8-20/h4-15,19H,16-18H2,1-3H3,(H,27,28). The zero-order chi connectivity index (χ0) is 22.1. The van der Waals surface area contributed by atoms with Gasteiger partial charge in [0.1, 0.15) is 18.1 Å². The first-order chi connectivity index (χ1) is 15.0. The molecule has 0 aliphatic heterocycles. The minimum Gasteiger partial charge on any atom is -0.496 e. The van der Waals surface area contributed by atoms with Gasteiger partial charge in [0.05, 0.1) is 13.7 Å². The number of ether oxygens (including phenoxy) is 3. The van der Waals surface area contributed by atoms with Crippen molar-refractivity contribution in [2.24, 2.45) is 5.92 Å². The van der Waals surface area contributed by atoms with Gasteiger partial charge in [0.2, 0.25) is 0 Å². The Balaban J connectivity index is 1.60. The van der Waals surface area contributed by atoms with Crippen molar-refractivity contribution in [1.82, 2.24) is 0 Å². The van der Waals surface area contributed by atoms with Gasteiger partial charge >= 0.3 is 0 Å². The number of carbonyl (C=O) groups excluding carboxylic acids is 1. The van der Waals surface area contributed by atoms with E-state index in [-0.39, 0.29) is 5.91 Å². The number of carbonyl (C=O) groups is 1. The van der Waals surface area contributed by atoms with Gasteiger partial charge in [-0.2, -0.15) is 0 Å². The molecule has 162 valence electrons. The molecule has 0 spiro atoms. The lowest BCUT2D eigenvalue weighted by Gasteiger charge is -2.13. The third-order valence-corrected chi connectivity index (χ3v) is 4.61. The number of nitrogens with one attached hydrogen (secondary N) is 1. The number of benzene rings is 3. The van der Waals surface area contributed by atoms with E-state index >= 15 is 0 Å². The number of hydrogen-bond donors (Lipinski definition) is 1. The van der Waals surface area contributed by atoms with Crippen LogP contribution >= 0.6 is 0 Å². The summed E-state index contributed by atoms with van der Waals surface area (Å²) < 4.78 is 16.9. The van der Waals surface area contributed by atoms with Gasteiger partial charge < -0.3 is 19.5 Å². The molecule has 0 aromatic heterocycles. The van der Waals surface area contributed by atoms with Crippen molar-refractivity contribution in [2.45, 2.75) is 27.1 Å². The lowest BCUT2D eigenvalue weighted by molar-refractivity contribution is 0.0952. The molecule has 31 heavy (non-hydrogen) atoms. The van der Waals surface area contributed by atoms with Crippen LogP contribution in [-0.4, -0.2) is 19.6 Å². The summed E-state index contributed by atoms with van der Waals surface area (Å²) in [6, 6.07) is 22.7. The fraction of sp³-hybridized carbons (Fsp3) is 0.269. The van der Waals surface area contributed by atoms with Gasteiger partial charge in [0.25, 0.3) is 5.91 Å². The molecule has 3 aromatic rings. The van der Waals surface area contributed by atoms with Crippen molar-refractivity contribution in [3.63, 3.8) is 0 Å². The van der Waals surface area contributed by atoms with E-state index in [2.05, 4.69) is 19.2 Å². The van der Waals surface area contributed by atoms with E-state index < -0.39 is 0 Å². The number of methoxy groups -OCH3 is 1. The third kappa shape index (κ3) is 6.86. The summed E-state index contributed by atoms with van der Waals surface area (Å²) in [5, 5.41) is 2.92. The maximum absolute atomic E-state index is 12.7. The molecule has 3 aromatic carbocycles.